The van der Waals surface area contributed by atoms with E-state index in [0.717, 1.165) is 49.6 Å². The summed E-state index contributed by atoms with van der Waals surface area (Å²) in [6.45, 7) is 3.65. The quantitative estimate of drug-likeness (QED) is 0.739. The number of carbonyl (C=O) groups excluding carboxylic acids is 1. The molecule has 1 aromatic carbocycles. The number of thiophene rings is 1. The standard InChI is InChI=1S/C21H22N4O2S/c1-27-19-5-3-2-4-16(19)17-10-18(23-22-17)21(26)25-12-15(13-25)24-8-6-20-14(11-24)7-9-28-20/h2-5,7,9-10,15H,6,8,11-13H2,1H3,(H,22,23). The number of amides is 1. The van der Waals surface area contributed by atoms with Crippen LogP contribution in [0.3, 0.4) is 0 Å². The van der Waals surface area contributed by atoms with Crippen molar-refractivity contribution in [2.75, 3.05) is 26.7 Å². The summed E-state index contributed by atoms with van der Waals surface area (Å²) in [5, 5.41) is 9.41. The van der Waals surface area contributed by atoms with E-state index in [9.17, 15) is 4.79 Å². The van der Waals surface area contributed by atoms with E-state index in [1.807, 2.05) is 46.6 Å². The lowest BCUT2D eigenvalue weighted by atomic mass is 10.0. The average molecular weight is 395 g/mol. The van der Waals surface area contributed by atoms with Crippen LogP contribution in [-0.4, -0.2) is 58.7 Å². The fourth-order valence-corrected chi connectivity index (χ4v) is 4.92. The highest BCUT2D eigenvalue weighted by atomic mass is 32.1. The summed E-state index contributed by atoms with van der Waals surface area (Å²) in [4.78, 5) is 18.7. The van der Waals surface area contributed by atoms with E-state index in [2.05, 4.69) is 26.5 Å². The molecule has 1 fully saturated rings. The van der Waals surface area contributed by atoms with Gasteiger partial charge in [-0.15, -0.1) is 11.3 Å². The molecule has 7 heteroatoms. The van der Waals surface area contributed by atoms with Crippen LogP contribution in [-0.2, 0) is 13.0 Å². The second-order valence-electron chi connectivity index (χ2n) is 7.32. The van der Waals surface area contributed by atoms with Gasteiger partial charge in [0.1, 0.15) is 11.4 Å². The normalized spacial score (nSPS) is 17.2. The van der Waals surface area contributed by atoms with E-state index < -0.39 is 0 Å². The minimum absolute atomic E-state index is 0.0122. The molecule has 0 atom stereocenters. The van der Waals surface area contributed by atoms with E-state index >= 15 is 0 Å². The molecule has 28 heavy (non-hydrogen) atoms. The highest BCUT2D eigenvalue weighted by Crippen LogP contribution is 2.30. The number of fused-ring (bicyclic) bond motifs is 1. The molecular weight excluding hydrogens is 372 g/mol. The van der Waals surface area contributed by atoms with Crippen LogP contribution in [0.1, 0.15) is 20.9 Å². The molecule has 0 bridgehead atoms. The SMILES string of the molecule is COc1ccccc1-c1cc(C(=O)N2CC(N3CCc4sccc4C3)C2)[nH]n1. The topological polar surface area (TPSA) is 61.5 Å². The van der Waals surface area contributed by atoms with Gasteiger partial charge in [-0.25, -0.2) is 0 Å². The van der Waals surface area contributed by atoms with Crippen molar-refractivity contribution in [2.45, 2.75) is 19.0 Å². The molecule has 0 saturated carbocycles. The molecule has 2 aromatic heterocycles. The van der Waals surface area contributed by atoms with Gasteiger partial charge in [0.05, 0.1) is 12.8 Å². The van der Waals surface area contributed by atoms with Crippen molar-refractivity contribution in [1.82, 2.24) is 20.0 Å². The lowest BCUT2D eigenvalue weighted by Crippen LogP contribution is -2.61. The molecule has 2 aliphatic heterocycles. The Morgan fingerprint density at radius 1 is 1.29 bits per heavy atom. The number of benzene rings is 1. The Hall–Kier alpha value is -2.64. The number of methoxy groups -OCH3 is 1. The highest BCUT2D eigenvalue weighted by molar-refractivity contribution is 7.10. The number of nitrogens with zero attached hydrogens (tertiary/aromatic N) is 3. The van der Waals surface area contributed by atoms with E-state index in [1.54, 1.807) is 7.11 Å². The first-order chi connectivity index (χ1) is 13.7. The summed E-state index contributed by atoms with van der Waals surface area (Å²) >= 11 is 1.86. The Bertz CT molecular complexity index is 1010. The molecular formula is C21H22N4O2S. The van der Waals surface area contributed by atoms with Gasteiger partial charge in [0.2, 0.25) is 0 Å². The molecule has 0 radical (unpaired) electrons. The van der Waals surface area contributed by atoms with Crippen LogP contribution >= 0.6 is 11.3 Å². The number of rotatable bonds is 4. The molecule has 1 amide bonds. The molecule has 0 unspecified atom stereocenters. The smallest absolute Gasteiger partial charge is 0.271 e. The third-order valence-electron chi connectivity index (χ3n) is 5.69. The molecule has 3 aromatic rings. The zero-order chi connectivity index (χ0) is 19.1. The van der Waals surface area contributed by atoms with Gasteiger partial charge in [-0.1, -0.05) is 12.1 Å². The number of para-hydroxylation sites is 1. The monoisotopic (exact) mass is 394 g/mol. The lowest BCUT2D eigenvalue weighted by molar-refractivity contribution is 0.0216. The number of aromatic amines is 1. The summed E-state index contributed by atoms with van der Waals surface area (Å²) < 4.78 is 5.40. The van der Waals surface area contributed by atoms with Crippen molar-refractivity contribution in [3.8, 4) is 17.0 Å². The first-order valence-electron chi connectivity index (χ1n) is 9.50. The maximum atomic E-state index is 12.8. The molecule has 0 spiro atoms. The Morgan fingerprint density at radius 2 is 2.14 bits per heavy atom. The molecule has 144 valence electrons. The minimum Gasteiger partial charge on any atom is -0.496 e. The Labute approximate surface area is 167 Å². The third-order valence-corrected chi connectivity index (χ3v) is 6.72. The van der Waals surface area contributed by atoms with Crippen molar-refractivity contribution in [1.29, 1.82) is 0 Å². The summed E-state index contributed by atoms with van der Waals surface area (Å²) in [5.74, 6) is 0.757. The first kappa shape index (κ1) is 17.5. The zero-order valence-electron chi connectivity index (χ0n) is 15.7. The van der Waals surface area contributed by atoms with E-state index in [4.69, 9.17) is 4.74 Å². The molecule has 4 heterocycles. The lowest BCUT2D eigenvalue weighted by Gasteiger charge is -2.46. The number of H-pyrrole nitrogens is 1. The second kappa shape index (κ2) is 7.07. The average Bonchev–Trinajstić information content (AvgIpc) is 3.36. The molecule has 1 saturated heterocycles. The minimum atomic E-state index is 0.0122. The van der Waals surface area contributed by atoms with Gasteiger partial charge in [0, 0.05) is 42.7 Å². The second-order valence-corrected chi connectivity index (χ2v) is 8.32. The Morgan fingerprint density at radius 3 is 3.00 bits per heavy atom. The predicted octanol–water partition coefficient (Wildman–Crippen LogP) is 3.03. The summed E-state index contributed by atoms with van der Waals surface area (Å²) in [5.41, 5.74) is 3.58. The summed E-state index contributed by atoms with van der Waals surface area (Å²) in [6.07, 6.45) is 1.13. The zero-order valence-corrected chi connectivity index (χ0v) is 16.5. The molecule has 0 aliphatic carbocycles. The number of aromatic nitrogens is 2. The Kier molecular flexibility index (Phi) is 4.41. The number of ether oxygens (including phenoxy) is 1. The van der Waals surface area contributed by atoms with Gasteiger partial charge in [0.25, 0.3) is 5.91 Å². The van der Waals surface area contributed by atoms with Crippen LogP contribution in [0.5, 0.6) is 5.75 Å². The van der Waals surface area contributed by atoms with Crippen molar-refractivity contribution < 1.29 is 9.53 Å². The number of hydrogen-bond donors (Lipinski definition) is 1. The maximum absolute atomic E-state index is 12.8. The third kappa shape index (κ3) is 3.00. The number of hydrogen-bond acceptors (Lipinski definition) is 5. The van der Waals surface area contributed by atoms with Crippen LogP contribution in [0.15, 0.2) is 41.8 Å². The van der Waals surface area contributed by atoms with Gasteiger partial charge in [-0.2, -0.15) is 5.10 Å². The van der Waals surface area contributed by atoms with Gasteiger partial charge in [0.15, 0.2) is 0 Å². The van der Waals surface area contributed by atoms with Crippen molar-refractivity contribution >= 4 is 17.2 Å². The highest BCUT2D eigenvalue weighted by Gasteiger charge is 2.37. The van der Waals surface area contributed by atoms with Crippen molar-refractivity contribution in [2.24, 2.45) is 0 Å². The first-order valence-corrected chi connectivity index (χ1v) is 10.4. The van der Waals surface area contributed by atoms with Crippen LogP contribution in [0.25, 0.3) is 11.3 Å². The van der Waals surface area contributed by atoms with Crippen LogP contribution in [0, 0.1) is 0 Å². The van der Waals surface area contributed by atoms with E-state index in [0.29, 0.717) is 11.7 Å². The Balaban J connectivity index is 1.23. The van der Waals surface area contributed by atoms with Gasteiger partial charge < -0.3 is 9.64 Å². The van der Waals surface area contributed by atoms with Gasteiger partial charge >= 0.3 is 0 Å². The van der Waals surface area contributed by atoms with Crippen molar-refractivity contribution in [3.63, 3.8) is 0 Å². The largest absolute Gasteiger partial charge is 0.496 e. The van der Waals surface area contributed by atoms with Crippen LogP contribution < -0.4 is 4.74 Å². The van der Waals surface area contributed by atoms with Gasteiger partial charge in [-0.05, 0) is 41.6 Å². The van der Waals surface area contributed by atoms with Crippen LogP contribution in [0.4, 0.5) is 0 Å². The molecule has 2 aliphatic rings. The summed E-state index contributed by atoms with van der Waals surface area (Å²) in [7, 11) is 1.64. The van der Waals surface area contributed by atoms with E-state index in [-0.39, 0.29) is 5.91 Å². The molecule has 1 N–H and O–H groups in total. The number of carbonyl (C=O) groups is 1. The summed E-state index contributed by atoms with van der Waals surface area (Å²) in [6, 6.07) is 12.2. The van der Waals surface area contributed by atoms with Crippen molar-refractivity contribution in [3.05, 3.63) is 57.9 Å². The van der Waals surface area contributed by atoms with Gasteiger partial charge in [-0.3, -0.25) is 14.8 Å². The maximum Gasteiger partial charge on any atom is 0.271 e. The fourth-order valence-electron chi connectivity index (χ4n) is 4.03. The fraction of sp³-hybridized carbons (Fsp3) is 0.333. The number of likely N-dealkylation sites (tertiary alicyclic amines) is 1. The molecule has 6 nitrogen and oxygen atoms in total. The predicted molar refractivity (Wildman–Crippen MR) is 109 cm³/mol. The number of nitrogens with one attached hydrogen (secondary N) is 1. The molecule has 5 rings (SSSR count). The van der Waals surface area contributed by atoms with E-state index in [1.165, 1.54) is 10.4 Å². The van der Waals surface area contributed by atoms with Crippen LogP contribution in [0.2, 0.25) is 0 Å².